The summed E-state index contributed by atoms with van der Waals surface area (Å²) < 4.78 is 14.0. The third kappa shape index (κ3) is 3.55. The van der Waals surface area contributed by atoms with Gasteiger partial charge in [-0.1, -0.05) is 29.8 Å². The second kappa shape index (κ2) is 6.04. The predicted molar refractivity (Wildman–Crippen MR) is 84.5 cm³/mol. The van der Waals surface area contributed by atoms with Crippen molar-refractivity contribution in [3.8, 4) is 0 Å². The summed E-state index contributed by atoms with van der Waals surface area (Å²) in [7, 11) is 0. The quantitative estimate of drug-likeness (QED) is 0.838. The van der Waals surface area contributed by atoms with E-state index in [2.05, 4.69) is 11.0 Å². The Labute approximate surface area is 129 Å². The molecule has 0 heterocycles. The highest BCUT2D eigenvalue weighted by molar-refractivity contribution is 6.31. The van der Waals surface area contributed by atoms with Gasteiger partial charge in [0.15, 0.2) is 0 Å². The Kier molecular flexibility index (Phi) is 4.13. The first-order valence-electron chi connectivity index (χ1n) is 7.15. The molecule has 2 aromatic rings. The van der Waals surface area contributed by atoms with Crippen LogP contribution in [0.5, 0.6) is 0 Å². The van der Waals surface area contributed by atoms with Gasteiger partial charge < -0.3 is 5.73 Å². The molecule has 0 radical (unpaired) electrons. The largest absolute Gasteiger partial charge is 0.399 e. The van der Waals surface area contributed by atoms with Gasteiger partial charge in [-0.05, 0) is 42.7 Å². The standard InChI is InChI=1S/C17H18ClFN2/c18-16-5-2-6-17(19)15(16)11-21(14-7-8-14)10-12-3-1-4-13(20)9-12/h1-6,9,14H,7-8,10-11,20H2. The topological polar surface area (TPSA) is 29.3 Å². The van der Waals surface area contributed by atoms with Crippen LogP contribution in [0.2, 0.25) is 5.02 Å². The van der Waals surface area contributed by atoms with E-state index < -0.39 is 0 Å². The first-order valence-corrected chi connectivity index (χ1v) is 7.52. The molecule has 0 saturated heterocycles. The molecule has 110 valence electrons. The Morgan fingerprint density at radius 3 is 2.57 bits per heavy atom. The van der Waals surface area contributed by atoms with Crippen molar-refractivity contribution < 1.29 is 4.39 Å². The number of nitrogen functional groups attached to an aromatic ring is 1. The number of rotatable bonds is 5. The zero-order valence-electron chi connectivity index (χ0n) is 11.7. The van der Waals surface area contributed by atoms with Gasteiger partial charge >= 0.3 is 0 Å². The molecule has 0 atom stereocenters. The van der Waals surface area contributed by atoms with Crippen LogP contribution in [-0.4, -0.2) is 10.9 Å². The summed E-state index contributed by atoms with van der Waals surface area (Å²) in [5.41, 5.74) is 8.31. The van der Waals surface area contributed by atoms with Crippen molar-refractivity contribution in [1.82, 2.24) is 4.90 Å². The minimum atomic E-state index is -0.235. The number of hydrogen-bond donors (Lipinski definition) is 1. The molecule has 1 fully saturated rings. The zero-order chi connectivity index (χ0) is 14.8. The molecule has 2 nitrogen and oxygen atoms in total. The normalized spacial score (nSPS) is 14.6. The molecule has 0 unspecified atom stereocenters. The van der Waals surface area contributed by atoms with Crippen LogP contribution >= 0.6 is 11.6 Å². The van der Waals surface area contributed by atoms with Gasteiger partial charge in [-0.25, -0.2) is 4.39 Å². The third-order valence-corrected chi connectivity index (χ3v) is 4.18. The monoisotopic (exact) mass is 304 g/mol. The number of anilines is 1. The maximum Gasteiger partial charge on any atom is 0.129 e. The van der Waals surface area contributed by atoms with Gasteiger partial charge in [0.2, 0.25) is 0 Å². The van der Waals surface area contributed by atoms with Gasteiger partial charge in [-0.3, -0.25) is 4.90 Å². The molecule has 1 aliphatic rings. The Hall–Kier alpha value is -1.58. The molecule has 0 amide bonds. The number of hydrogen-bond acceptors (Lipinski definition) is 2. The summed E-state index contributed by atoms with van der Waals surface area (Å²) in [5, 5.41) is 0.494. The van der Waals surface area contributed by atoms with E-state index in [9.17, 15) is 4.39 Å². The van der Waals surface area contributed by atoms with Gasteiger partial charge in [0, 0.05) is 35.4 Å². The summed E-state index contributed by atoms with van der Waals surface area (Å²) >= 11 is 6.14. The number of halogens is 2. The number of nitrogens with two attached hydrogens (primary N) is 1. The Bertz CT molecular complexity index is 620. The summed E-state index contributed by atoms with van der Waals surface area (Å²) in [6.45, 7) is 1.30. The molecular formula is C17H18ClFN2. The first kappa shape index (κ1) is 14.4. The van der Waals surface area contributed by atoms with Gasteiger partial charge in [0.25, 0.3) is 0 Å². The second-order valence-electron chi connectivity index (χ2n) is 5.58. The van der Waals surface area contributed by atoms with Crippen LogP contribution in [0, 0.1) is 5.82 Å². The minimum Gasteiger partial charge on any atom is -0.399 e. The lowest BCUT2D eigenvalue weighted by molar-refractivity contribution is 0.242. The SMILES string of the molecule is Nc1cccc(CN(Cc2c(F)cccc2Cl)C2CC2)c1. The van der Waals surface area contributed by atoms with Crippen LogP contribution < -0.4 is 5.73 Å². The van der Waals surface area contributed by atoms with E-state index in [4.69, 9.17) is 17.3 Å². The average molecular weight is 305 g/mol. The highest BCUT2D eigenvalue weighted by atomic mass is 35.5. The number of benzene rings is 2. The minimum absolute atomic E-state index is 0.235. The summed E-state index contributed by atoms with van der Waals surface area (Å²) in [5.74, 6) is -0.235. The van der Waals surface area contributed by atoms with Crippen LogP contribution in [0.4, 0.5) is 10.1 Å². The van der Waals surface area contributed by atoms with Gasteiger partial charge in [-0.15, -0.1) is 0 Å². The lowest BCUT2D eigenvalue weighted by Gasteiger charge is -2.23. The highest BCUT2D eigenvalue weighted by Crippen LogP contribution is 2.32. The molecule has 0 aliphatic heterocycles. The Morgan fingerprint density at radius 1 is 1.14 bits per heavy atom. The van der Waals surface area contributed by atoms with Crippen LogP contribution in [0.1, 0.15) is 24.0 Å². The smallest absolute Gasteiger partial charge is 0.129 e. The van der Waals surface area contributed by atoms with Crippen molar-refractivity contribution in [2.75, 3.05) is 5.73 Å². The van der Waals surface area contributed by atoms with Gasteiger partial charge in [0.1, 0.15) is 5.82 Å². The average Bonchev–Trinajstić information content (AvgIpc) is 3.26. The third-order valence-electron chi connectivity index (χ3n) is 3.82. The summed E-state index contributed by atoms with van der Waals surface area (Å²) in [6.07, 6.45) is 2.32. The Balaban J connectivity index is 1.79. The van der Waals surface area contributed by atoms with Crippen molar-refractivity contribution in [2.24, 2.45) is 0 Å². The van der Waals surface area contributed by atoms with E-state index in [1.807, 2.05) is 18.2 Å². The van der Waals surface area contributed by atoms with Crippen molar-refractivity contribution >= 4 is 17.3 Å². The molecule has 2 N–H and O–H groups in total. The molecule has 0 bridgehead atoms. The summed E-state index contributed by atoms with van der Waals surface area (Å²) in [6, 6.07) is 13.2. The van der Waals surface area contributed by atoms with E-state index in [1.54, 1.807) is 12.1 Å². The highest BCUT2D eigenvalue weighted by Gasteiger charge is 2.30. The van der Waals surface area contributed by atoms with E-state index >= 15 is 0 Å². The van der Waals surface area contributed by atoms with E-state index in [0.29, 0.717) is 23.2 Å². The molecule has 3 rings (SSSR count). The number of nitrogens with zero attached hydrogens (tertiary/aromatic N) is 1. The maximum atomic E-state index is 14.0. The van der Waals surface area contributed by atoms with Gasteiger partial charge in [-0.2, -0.15) is 0 Å². The lowest BCUT2D eigenvalue weighted by atomic mass is 10.1. The van der Waals surface area contributed by atoms with Crippen molar-refractivity contribution in [1.29, 1.82) is 0 Å². The predicted octanol–water partition coefficient (Wildman–Crippen LogP) is 4.23. The lowest BCUT2D eigenvalue weighted by Crippen LogP contribution is -2.25. The second-order valence-corrected chi connectivity index (χ2v) is 5.99. The molecule has 2 aromatic carbocycles. The van der Waals surface area contributed by atoms with Crippen LogP contribution in [-0.2, 0) is 13.1 Å². The maximum absolute atomic E-state index is 14.0. The fourth-order valence-corrected chi connectivity index (χ4v) is 2.79. The molecule has 1 saturated carbocycles. The van der Waals surface area contributed by atoms with Crippen LogP contribution in [0.25, 0.3) is 0 Å². The van der Waals surface area contributed by atoms with Crippen LogP contribution in [0.15, 0.2) is 42.5 Å². The molecular weight excluding hydrogens is 287 g/mol. The van der Waals surface area contributed by atoms with E-state index in [1.165, 1.54) is 6.07 Å². The van der Waals surface area contributed by atoms with E-state index in [0.717, 1.165) is 30.6 Å². The Morgan fingerprint density at radius 2 is 1.90 bits per heavy atom. The van der Waals surface area contributed by atoms with Crippen molar-refractivity contribution in [2.45, 2.75) is 32.0 Å². The summed E-state index contributed by atoms with van der Waals surface area (Å²) in [4.78, 5) is 2.28. The fraction of sp³-hybridized carbons (Fsp3) is 0.294. The van der Waals surface area contributed by atoms with Crippen LogP contribution in [0.3, 0.4) is 0 Å². The molecule has 4 heteroatoms. The first-order chi connectivity index (χ1) is 10.1. The van der Waals surface area contributed by atoms with Gasteiger partial charge in [0.05, 0.1) is 0 Å². The van der Waals surface area contributed by atoms with Crippen molar-refractivity contribution in [3.63, 3.8) is 0 Å². The zero-order valence-corrected chi connectivity index (χ0v) is 12.5. The van der Waals surface area contributed by atoms with Crippen molar-refractivity contribution in [3.05, 3.63) is 64.4 Å². The molecule has 0 spiro atoms. The van der Waals surface area contributed by atoms with E-state index in [-0.39, 0.29) is 5.82 Å². The molecule has 1 aliphatic carbocycles. The molecule has 0 aromatic heterocycles. The fourth-order valence-electron chi connectivity index (χ4n) is 2.57. The molecule has 21 heavy (non-hydrogen) atoms.